The molecule has 0 aromatic heterocycles. The molecular formula is C26H35BrN2O12P5+. The van der Waals surface area contributed by atoms with Crippen LogP contribution in [0.1, 0.15) is 0 Å². The highest BCUT2D eigenvalue weighted by atomic mass is 79.9. The van der Waals surface area contributed by atoms with Crippen molar-refractivity contribution in [3.8, 4) is 0 Å². The quantitative estimate of drug-likeness (QED) is 0.126. The molecule has 46 heavy (non-hydrogen) atoms. The lowest BCUT2D eigenvalue weighted by Gasteiger charge is -2.07. The number of anilines is 1. The Morgan fingerprint density at radius 2 is 1.09 bits per heavy atom. The van der Waals surface area contributed by atoms with Gasteiger partial charge in [-0.1, -0.05) is 84.9 Å². The Balaban J connectivity index is 0. The van der Waals surface area contributed by atoms with Crippen molar-refractivity contribution in [3.63, 3.8) is 0 Å². The van der Waals surface area contributed by atoms with Crippen molar-refractivity contribution in [2.24, 2.45) is 5.50 Å². The van der Waals surface area contributed by atoms with Crippen LogP contribution in [0.15, 0.2) is 121 Å². The average molecular weight is 802 g/mol. The number of aliphatic carboxylic acids is 1. The lowest BCUT2D eigenvalue weighted by atomic mass is 10.3. The third-order valence-electron chi connectivity index (χ3n) is 4.27. The summed E-state index contributed by atoms with van der Waals surface area (Å²) in [6.07, 6.45) is -1.09. The number of carboxylic acids is 1. The fraction of sp³-hybridized carbons (Fsp3) is 0.0385. The molecule has 0 amide bonds. The van der Waals surface area contributed by atoms with Gasteiger partial charge in [0.05, 0.1) is 5.30 Å². The average Bonchev–Trinajstić information content (AvgIpc) is 2.94. The van der Waals surface area contributed by atoms with Crippen LogP contribution >= 0.6 is 57.1 Å². The summed E-state index contributed by atoms with van der Waals surface area (Å²) in [5, 5.41) is 11.8. The maximum Gasteiger partial charge on any atom is 0.546 e. The summed E-state index contributed by atoms with van der Waals surface area (Å²) in [5.74, 6) is -1.49. The van der Waals surface area contributed by atoms with Gasteiger partial charge in [-0.05, 0) is 46.3 Å². The third-order valence-corrected chi connectivity index (χ3v) is 7.63. The molecule has 20 heteroatoms. The Bertz CT molecular complexity index is 1560. The number of carboxylic acid groups (broad SMARTS) is 1. The van der Waals surface area contributed by atoms with E-state index in [0.29, 0.717) is 11.0 Å². The van der Waals surface area contributed by atoms with Crippen LogP contribution in [0.5, 0.6) is 0 Å². The van der Waals surface area contributed by atoms with Gasteiger partial charge in [-0.25, -0.2) is 10.1 Å². The van der Waals surface area contributed by atoms with Crippen LogP contribution in [0.2, 0.25) is 0 Å². The van der Waals surface area contributed by atoms with Gasteiger partial charge in [0.15, 0.2) is 0 Å². The molecule has 4 aromatic rings. The van der Waals surface area contributed by atoms with Crippen molar-refractivity contribution < 1.29 is 57.5 Å². The number of hydrogen-bond acceptors (Lipinski definition) is 5. The van der Waals surface area contributed by atoms with Gasteiger partial charge in [-0.2, -0.15) is 4.89 Å². The molecule has 0 aliphatic carbocycles. The fourth-order valence-corrected chi connectivity index (χ4v) is 4.59. The highest BCUT2D eigenvalue weighted by molar-refractivity contribution is 8.93. The second-order valence-corrected chi connectivity index (χ2v) is 14.7. The van der Waals surface area contributed by atoms with E-state index in [1.165, 1.54) is 17.4 Å². The molecule has 0 fully saturated rings. The van der Waals surface area contributed by atoms with Gasteiger partial charge in [-0.15, -0.1) is 26.2 Å². The van der Waals surface area contributed by atoms with Crippen LogP contribution in [-0.4, -0.2) is 46.6 Å². The molecule has 3 atom stereocenters. The normalized spacial score (nSPS) is 11.6. The van der Waals surface area contributed by atoms with Crippen molar-refractivity contribution in [1.29, 1.82) is 0 Å². The van der Waals surface area contributed by atoms with Gasteiger partial charge < -0.3 is 34.7 Å². The molecule has 0 spiro atoms. The second kappa shape index (κ2) is 23.8. The lowest BCUT2D eigenvalue weighted by Crippen LogP contribution is -2.03. The molecule has 0 bridgehead atoms. The SMILES string of the molecule is Br.NP(=O)(O)Nc1ccccc1.O=C(O)CP(=O)(O)O.O=P(O)(O)c1ccccc1.O=[P+](O)c1ccccc1.Pc1ccccc1. The second-order valence-electron chi connectivity index (χ2n) is 8.22. The van der Waals surface area contributed by atoms with Crippen LogP contribution in [-0.2, 0) is 23.1 Å². The molecule has 0 aliphatic rings. The van der Waals surface area contributed by atoms with Crippen LogP contribution in [0.25, 0.3) is 0 Å². The van der Waals surface area contributed by atoms with Crippen LogP contribution in [0, 0.1) is 0 Å². The zero-order valence-electron chi connectivity index (χ0n) is 23.8. The van der Waals surface area contributed by atoms with E-state index in [2.05, 4.69) is 14.3 Å². The zero-order chi connectivity index (χ0) is 34.5. The molecule has 0 saturated carbocycles. The molecule has 14 nitrogen and oxygen atoms in total. The molecule has 4 aromatic carbocycles. The summed E-state index contributed by atoms with van der Waals surface area (Å²) in [6.45, 7) is 0. The van der Waals surface area contributed by atoms with Crippen LogP contribution < -0.4 is 26.5 Å². The number of rotatable bonds is 6. The van der Waals surface area contributed by atoms with Crippen molar-refractivity contribution in [2.75, 3.05) is 11.2 Å². The van der Waals surface area contributed by atoms with Crippen molar-refractivity contribution in [1.82, 2.24) is 0 Å². The molecule has 4 rings (SSSR count). The summed E-state index contributed by atoms with van der Waals surface area (Å²) in [4.78, 5) is 59.8. The van der Waals surface area contributed by atoms with Gasteiger partial charge in [-0.3, -0.25) is 13.9 Å². The largest absolute Gasteiger partial charge is 0.546 e. The predicted octanol–water partition coefficient (Wildman–Crippen LogP) is 3.71. The zero-order valence-corrected chi connectivity index (χ0v) is 30.2. The van der Waals surface area contributed by atoms with E-state index in [0.717, 1.165) is 0 Å². The van der Waals surface area contributed by atoms with Gasteiger partial charge in [0.1, 0.15) is 6.16 Å². The van der Waals surface area contributed by atoms with Crippen molar-refractivity contribution in [3.05, 3.63) is 121 Å². The maximum atomic E-state index is 10.6. The van der Waals surface area contributed by atoms with E-state index in [1.807, 2.05) is 42.5 Å². The molecule has 0 aliphatic heterocycles. The van der Waals surface area contributed by atoms with Gasteiger partial charge in [0.2, 0.25) is 5.30 Å². The highest BCUT2D eigenvalue weighted by Crippen LogP contribution is 2.33. The summed E-state index contributed by atoms with van der Waals surface area (Å²) in [6, 6.07) is 35.0. The predicted molar refractivity (Wildman–Crippen MR) is 189 cm³/mol. The summed E-state index contributed by atoms with van der Waals surface area (Å²) < 4.78 is 41.2. The monoisotopic (exact) mass is 801 g/mol. The summed E-state index contributed by atoms with van der Waals surface area (Å²) in [7, 11) is -11.5. The summed E-state index contributed by atoms with van der Waals surface area (Å²) >= 11 is 0. The number of para-hydroxylation sites is 1. The van der Waals surface area contributed by atoms with Crippen LogP contribution in [0.3, 0.4) is 0 Å². The third kappa shape index (κ3) is 27.8. The van der Waals surface area contributed by atoms with Gasteiger partial charge in [0, 0.05) is 5.69 Å². The van der Waals surface area contributed by atoms with Crippen molar-refractivity contribution >= 4 is 84.7 Å². The molecule has 3 unspecified atom stereocenters. The van der Waals surface area contributed by atoms with Gasteiger partial charge >= 0.3 is 36.9 Å². The Labute approximate surface area is 279 Å². The molecule has 0 saturated heterocycles. The minimum Gasteiger partial charge on any atom is -0.481 e. The van der Waals surface area contributed by atoms with E-state index in [4.69, 9.17) is 40.0 Å². The Hall–Kier alpha value is -2.43. The number of halogens is 1. The minimum atomic E-state index is -4.32. The lowest BCUT2D eigenvalue weighted by molar-refractivity contribution is -0.134. The molecule has 0 radical (unpaired) electrons. The molecular weight excluding hydrogens is 767 g/mol. The standard InChI is InChI=1S/C6H9N2O2P.C6H7O3P.C6H5O2P.C6H7P.C2H5O5P.BrH/c7-11(9,10)8-6-4-2-1-3-5-6;7-10(8,9)6-4-2-1-3-5-6;7-9(8)6-4-2-1-3-5-6;7-6-4-2-1-3-5-6;3-2(4)1-8(5,6)7;/h1-5H,(H4,7,8,9,10);1-5H,(H2,7,8,9);1-5H;1-5H,7H2;1H2,(H,3,4)(H2,5,6,7);1H/p+1. The highest BCUT2D eigenvalue weighted by Gasteiger charge is 2.17. The number of benzene rings is 4. The first-order valence-electron chi connectivity index (χ1n) is 12.1. The topological polar surface area (TPSA) is 265 Å². The van der Waals surface area contributed by atoms with E-state index >= 15 is 0 Å². The van der Waals surface area contributed by atoms with Crippen molar-refractivity contribution in [2.45, 2.75) is 0 Å². The Morgan fingerprint density at radius 3 is 1.30 bits per heavy atom. The van der Waals surface area contributed by atoms with Crippen LogP contribution in [0.4, 0.5) is 5.69 Å². The first-order chi connectivity index (χ1) is 20.8. The van der Waals surface area contributed by atoms with E-state index in [1.54, 1.807) is 66.7 Å². The minimum absolute atomic E-state index is 0. The Morgan fingerprint density at radius 1 is 0.717 bits per heavy atom. The first kappa shape index (κ1) is 45.7. The number of nitrogens with one attached hydrogen (secondary N) is 1. The van der Waals surface area contributed by atoms with E-state index in [-0.39, 0.29) is 22.3 Å². The smallest absolute Gasteiger partial charge is 0.481 e. The number of nitrogens with two attached hydrogens (primary N) is 1. The van der Waals surface area contributed by atoms with E-state index < -0.39 is 43.0 Å². The summed E-state index contributed by atoms with van der Waals surface area (Å²) in [5.41, 5.74) is 5.41. The number of carbonyl (C=O) groups is 1. The molecule has 10 N–H and O–H groups in total. The molecule has 0 heterocycles. The molecule has 252 valence electrons. The number of hydrogen-bond donors (Lipinski definition) is 9. The first-order valence-corrected chi connectivity index (χ1v) is 19.1. The maximum absolute atomic E-state index is 10.6. The fourth-order valence-electron chi connectivity index (χ4n) is 2.50. The van der Waals surface area contributed by atoms with Gasteiger partial charge in [0.25, 0.3) is 0 Å². The van der Waals surface area contributed by atoms with E-state index in [9.17, 15) is 23.1 Å². The Kier molecular flexibility index (Phi) is 23.7.